The van der Waals surface area contributed by atoms with Crippen LogP contribution >= 0.6 is 0 Å². The van der Waals surface area contributed by atoms with Crippen LogP contribution in [0.25, 0.3) is 0 Å². The molecule has 2 bridgehead atoms. The minimum atomic E-state index is 0.691. The molecule has 3 unspecified atom stereocenters. The highest BCUT2D eigenvalue weighted by molar-refractivity contribution is 5.10. The first-order chi connectivity index (χ1) is 7.81. The van der Waals surface area contributed by atoms with Crippen LogP contribution in [0.3, 0.4) is 0 Å². The van der Waals surface area contributed by atoms with Crippen LogP contribution in [0, 0.1) is 24.7 Å². The van der Waals surface area contributed by atoms with E-state index in [1.807, 2.05) is 6.92 Å². The molecule has 4 heteroatoms. The number of hydrogen-bond acceptors (Lipinski definition) is 4. The lowest BCUT2D eigenvalue weighted by Crippen LogP contribution is -2.25. The van der Waals surface area contributed by atoms with Crippen LogP contribution in [0.15, 0.2) is 16.7 Å². The van der Waals surface area contributed by atoms with Gasteiger partial charge in [0.25, 0.3) is 0 Å². The molecule has 1 heterocycles. The first-order valence-electron chi connectivity index (χ1n) is 5.99. The molecule has 2 aliphatic rings. The molecule has 1 aromatic rings. The second kappa shape index (κ2) is 4.01. The van der Waals surface area contributed by atoms with Gasteiger partial charge in [0.05, 0.1) is 6.54 Å². The molecular weight excluding hydrogens is 202 g/mol. The Hall–Kier alpha value is -1.16. The summed E-state index contributed by atoms with van der Waals surface area (Å²) < 4.78 is 5.05. The van der Waals surface area contributed by atoms with E-state index in [4.69, 9.17) is 4.52 Å². The molecule has 1 aromatic heterocycles. The van der Waals surface area contributed by atoms with Crippen LogP contribution in [-0.2, 0) is 6.54 Å². The quantitative estimate of drug-likeness (QED) is 0.783. The molecule has 86 valence electrons. The summed E-state index contributed by atoms with van der Waals surface area (Å²) in [5.74, 6) is 3.86. The molecular formula is C12H17N3O. The first kappa shape index (κ1) is 10.0. The number of fused-ring (bicyclic) bond motifs is 2. The highest BCUT2D eigenvalue weighted by atomic mass is 16.5. The van der Waals surface area contributed by atoms with Crippen LogP contribution in [0.1, 0.15) is 24.6 Å². The summed E-state index contributed by atoms with van der Waals surface area (Å²) >= 11 is 0. The van der Waals surface area contributed by atoms with E-state index in [9.17, 15) is 0 Å². The van der Waals surface area contributed by atoms with E-state index in [2.05, 4.69) is 27.6 Å². The molecule has 4 nitrogen and oxygen atoms in total. The van der Waals surface area contributed by atoms with E-state index in [1.165, 1.54) is 12.8 Å². The zero-order valence-electron chi connectivity index (χ0n) is 9.52. The monoisotopic (exact) mass is 219 g/mol. The standard InChI is InChI=1S/C12H17N3O/c1-8-14-12(16-15-8)7-13-6-11-5-9-2-3-10(11)4-9/h2-3,9-11,13H,4-7H2,1H3. The SMILES string of the molecule is Cc1noc(CNCC2CC3C=CC2C3)n1. The summed E-state index contributed by atoms with van der Waals surface area (Å²) in [6.45, 7) is 3.60. The molecule has 3 rings (SSSR count). The van der Waals surface area contributed by atoms with E-state index in [-0.39, 0.29) is 0 Å². The van der Waals surface area contributed by atoms with Gasteiger partial charge in [0.1, 0.15) is 0 Å². The molecule has 0 aromatic carbocycles. The van der Waals surface area contributed by atoms with Crippen molar-refractivity contribution >= 4 is 0 Å². The average Bonchev–Trinajstić information content (AvgIpc) is 2.94. The number of aryl methyl sites for hydroxylation is 1. The summed E-state index contributed by atoms with van der Waals surface area (Å²) in [5, 5.41) is 7.18. The fraction of sp³-hybridized carbons (Fsp3) is 0.667. The molecule has 0 saturated heterocycles. The minimum absolute atomic E-state index is 0.691. The number of allylic oxidation sites excluding steroid dienone is 2. The zero-order chi connectivity index (χ0) is 11.0. The lowest BCUT2D eigenvalue weighted by molar-refractivity contribution is 0.348. The van der Waals surface area contributed by atoms with Crippen molar-refractivity contribution < 1.29 is 4.52 Å². The highest BCUT2D eigenvalue weighted by Crippen LogP contribution is 2.42. The van der Waals surface area contributed by atoms with Crippen molar-refractivity contribution in [3.63, 3.8) is 0 Å². The Morgan fingerprint density at radius 1 is 1.44 bits per heavy atom. The van der Waals surface area contributed by atoms with Crippen molar-refractivity contribution in [3.8, 4) is 0 Å². The first-order valence-corrected chi connectivity index (χ1v) is 5.99. The van der Waals surface area contributed by atoms with Crippen molar-refractivity contribution in [1.82, 2.24) is 15.5 Å². The van der Waals surface area contributed by atoms with E-state index in [0.29, 0.717) is 18.3 Å². The van der Waals surface area contributed by atoms with Gasteiger partial charge in [0, 0.05) is 0 Å². The fourth-order valence-corrected chi connectivity index (χ4v) is 2.91. The molecule has 1 fully saturated rings. The van der Waals surface area contributed by atoms with Crippen molar-refractivity contribution in [3.05, 3.63) is 23.9 Å². The Kier molecular flexibility index (Phi) is 2.52. The normalized spacial score (nSPS) is 31.4. The summed E-state index contributed by atoms with van der Waals surface area (Å²) in [4.78, 5) is 4.17. The Bertz CT molecular complexity index is 399. The Morgan fingerprint density at radius 3 is 3.00 bits per heavy atom. The molecule has 0 radical (unpaired) electrons. The van der Waals surface area contributed by atoms with Gasteiger partial charge in [-0.25, -0.2) is 0 Å². The molecule has 1 saturated carbocycles. The van der Waals surface area contributed by atoms with Gasteiger partial charge >= 0.3 is 0 Å². The molecule has 2 aliphatic carbocycles. The lowest BCUT2D eigenvalue weighted by Gasteiger charge is -2.17. The van der Waals surface area contributed by atoms with Gasteiger partial charge in [-0.2, -0.15) is 4.98 Å². The van der Waals surface area contributed by atoms with Gasteiger partial charge < -0.3 is 9.84 Å². The molecule has 3 atom stereocenters. The highest BCUT2D eigenvalue weighted by Gasteiger charge is 2.34. The lowest BCUT2D eigenvalue weighted by atomic mass is 9.94. The van der Waals surface area contributed by atoms with Gasteiger partial charge in [-0.3, -0.25) is 0 Å². The van der Waals surface area contributed by atoms with Crippen molar-refractivity contribution in [2.45, 2.75) is 26.3 Å². The fourth-order valence-electron chi connectivity index (χ4n) is 2.91. The third kappa shape index (κ3) is 1.89. The molecule has 1 N–H and O–H groups in total. The number of nitrogens with one attached hydrogen (secondary N) is 1. The van der Waals surface area contributed by atoms with E-state index in [0.717, 1.165) is 24.3 Å². The van der Waals surface area contributed by atoms with Crippen LogP contribution in [0.5, 0.6) is 0 Å². The largest absolute Gasteiger partial charge is 0.338 e. The van der Waals surface area contributed by atoms with Crippen molar-refractivity contribution in [2.75, 3.05) is 6.54 Å². The van der Waals surface area contributed by atoms with Gasteiger partial charge in [-0.15, -0.1) is 0 Å². The molecule has 0 amide bonds. The van der Waals surface area contributed by atoms with E-state index < -0.39 is 0 Å². The predicted octanol–water partition coefficient (Wildman–Crippen LogP) is 1.68. The van der Waals surface area contributed by atoms with Crippen LogP contribution in [-0.4, -0.2) is 16.7 Å². The Labute approximate surface area is 95.1 Å². The van der Waals surface area contributed by atoms with Crippen LogP contribution in [0.2, 0.25) is 0 Å². The predicted molar refractivity (Wildman–Crippen MR) is 59.6 cm³/mol. The van der Waals surface area contributed by atoms with Crippen LogP contribution in [0.4, 0.5) is 0 Å². The smallest absolute Gasteiger partial charge is 0.240 e. The number of hydrogen-bond donors (Lipinski definition) is 1. The van der Waals surface area contributed by atoms with Crippen molar-refractivity contribution in [2.24, 2.45) is 17.8 Å². The Balaban J connectivity index is 1.46. The minimum Gasteiger partial charge on any atom is -0.338 e. The number of aromatic nitrogens is 2. The van der Waals surface area contributed by atoms with Gasteiger partial charge in [-0.05, 0) is 44.1 Å². The second-order valence-electron chi connectivity index (χ2n) is 4.91. The maximum atomic E-state index is 5.05. The maximum absolute atomic E-state index is 5.05. The third-order valence-corrected chi connectivity index (χ3v) is 3.67. The van der Waals surface area contributed by atoms with E-state index >= 15 is 0 Å². The number of nitrogens with zero attached hydrogens (tertiary/aromatic N) is 2. The van der Waals surface area contributed by atoms with E-state index in [1.54, 1.807) is 0 Å². The molecule has 0 spiro atoms. The third-order valence-electron chi connectivity index (χ3n) is 3.67. The summed E-state index contributed by atoms with van der Waals surface area (Å²) in [5.41, 5.74) is 0. The second-order valence-corrected chi connectivity index (χ2v) is 4.91. The molecule has 0 aliphatic heterocycles. The summed E-state index contributed by atoms with van der Waals surface area (Å²) in [6.07, 6.45) is 7.48. The summed E-state index contributed by atoms with van der Waals surface area (Å²) in [7, 11) is 0. The van der Waals surface area contributed by atoms with Crippen LogP contribution < -0.4 is 5.32 Å². The van der Waals surface area contributed by atoms with Gasteiger partial charge in [0.2, 0.25) is 5.89 Å². The number of rotatable bonds is 4. The summed E-state index contributed by atoms with van der Waals surface area (Å²) in [6, 6.07) is 0. The Morgan fingerprint density at radius 2 is 2.38 bits per heavy atom. The maximum Gasteiger partial charge on any atom is 0.240 e. The topological polar surface area (TPSA) is 51.0 Å². The zero-order valence-corrected chi connectivity index (χ0v) is 9.52. The van der Waals surface area contributed by atoms with Gasteiger partial charge in [0.15, 0.2) is 5.82 Å². The van der Waals surface area contributed by atoms with Gasteiger partial charge in [-0.1, -0.05) is 17.3 Å². The molecule has 16 heavy (non-hydrogen) atoms. The average molecular weight is 219 g/mol. The van der Waals surface area contributed by atoms with Crippen molar-refractivity contribution in [1.29, 1.82) is 0 Å².